The van der Waals surface area contributed by atoms with Crippen molar-refractivity contribution in [2.24, 2.45) is 0 Å². The van der Waals surface area contributed by atoms with Crippen molar-refractivity contribution in [2.45, 2.75) is 11.4 Å². The Morgan fingerprint density at radius 1 is 0.950 bits per heavy atom. The van der Waals surface area contributed by atoms with Crippen molar-refractivity contribution >= 4 is 29.2 Å². The third kappa shape index (κ3) is 4.44. The zero-order chi connectivity index (χ0) is 14.4. The van der Waals surface area contributed by atoms with E-state index in [0.29, 0.717) is 18.1 Å². The molecule has 0 spiro atoms. The number of esters is 1. The van der Waals surface area contributed by atoms with Crippen LogP contribution >= 0.6 is 23.2 Å². The van der Waals surface area contributed by atoms with Gasteiger partial charge in [0.15, 0.2) is 0 Å². The van der Waals surface area contributed by atoms with Crippen LogP contribution in [0.1, 0.15) is 5.56 Å². The molecule has 0 aliphatic carbocycles. The highest BCUT2D eigenvalue weighted by atomic mass is 35.5. The van der Waals surface area contributed by atoms with Gasteiger partial charge in [-0.2, -0.15) is 0 Å². The molecule has 0 atom stereocenters. The van der Waals surface area contributed by atoms with Gasteiger partial charge in [0.1, 0.15) is 18.1 Å². The normalized spacial score (nSPS) is 10.3. The third-order valence-electron chi connectivity index (χ3n) is 2.47. The summed E-state index contributed by atoms with van der Waals surface area (Å²) in [5, 5.41) is 0. The van der Waals surface area contributed by atoms with Crippen LogP contribution in [-0.2, 0) is 11.4 Å². The first kappa shape index (κ1) is 14.7. The van der Waals surface area contributed by atoms with Crippen LogP contribution in [0.3, 0.4) is 0 Å². The molecule has 3 nitrogen and oxygen atoms in total. The summed E-state index contributed by atoms with van der Waals surface area (Å²) in [6.07, 6.45) is 0. The van der Waals surface area contributed by atoms with Gasteiger partial charge in [-0.05, 0) is 29.8 Å². The van der Waals surface area contributed by atoms with Gasteiger partial charge in [0.2, 0.25) is 4.84 Å². The average molecular weight is 311 g/mol. The Hall–Kier alpha value is -1.71. The summed E-state index contributed by atoms with van der Waals surface area (Å²) in [5.41, 5.74) is 1.08. The number of alkyl halides is 2. The maximum absolute atomic E-state index is 11.2. The molecule has 2 aromatic carbocycles. The van der Waals surface area contributed by atoms with E-state index in [0.717, 1.165) is 5.56 Å². The second-order valence-corrected chi connectivity index (χ2v) is 5.06. The van der Waals surface area contributed by atoms with Crippen molar-refractivity contribution < 1.29 is 14.3 Å². The number of hydrogen-bond donors (Lipinski definition) is 0. The zero-order valence-electron chi connectivity index (χ0n) is 10.5. The fourth-order valence-corrected chi connectivity index (χ4v) is 1.59. The molecule has 0 aliphatic rings. The highest BCUT2D eigenvalue weighted by Crippen LogP contribution is 2.20. The van der Waals surface area contributed by atoms with Crippen molar-refractivity contribution in [3.8, 4) is 11.5 Å². The smallest absolute Gasteiger partial charge is 0.344 e. The molecule has 0 fully saturated rings. The number of carbonyl (C=O) groups is 1. The average Bonchev–Trinajstić information content (AvgIpc) is 2.47. The first-order valence-electron chi connectivity index (χ1n) is 5.92. The molecule has 104 valence electrons. The highest BCUT2D eigenvalue weighted by Gasteiger charge is 2.13. The van der Waals surface area contributed by atoms with Gasteiger partial charge < -0.3 is 9.47 Å². The van der Waals surface area contributed by atoms with Crippen LogP contribution in [0.2, 0.25) is 0 Å². The van der Waals surface area contributed by atoms with Crippen LogP contribution in [0.5, 0.6) is 11.5 Å². The van der Waals surface area contributed by atoms with E-state index in [-0.39, 0.29) is 0 Å². The minimum Gasteiger partial charge on any atom is -0.489 e. The number of halogens is 2. The minimum atomic E-state index is -1.19. The fraction of sp³-hybridized carbons (Fsp3) is 0.133. The Labute approximate surface area is 127 Å². The van der Waals surface area contributed by atoms with E-state index >= 15 is 0 Å². The molecule has 0 N–H and O–H groups in total. The van der Waals surface area contributed by atoms with Crippen molar-refractivity contribution in [1.29, 1.82) is 0 Å². The Balaban J connectivity index is 1.90. The molecule has 2 rings (SSSR count). The van der Waals surface area contributed by atoms with E-state index in [4.69, 9.17) is 32.7 Å². The molecule has 0 radical (unpaired) electrons. The van der Waals surface area contributed by atoms with Crippen molar-refractivity contribution in [2.75, 3.05) is 0 Å². The summed E-state index contributed by atoms with van der Waals surface area (Å²) < 4.78 is 10.5. The van der Waals surface area contributed by atoms with Crippen molar-refractivity contribution in [3.05, 3.63) is 60.2 Å². The number of carbonyl (C=O) groups excluding carboxylic acids is 1. The fourth-order valence-electron chi connectivity index (χ4n) is 1.51. The molecular formula is C15H12Cl2O3. The molecule has 2 aromatic rings. The summed E-state index contributed by atoms with van der Waals surface area (Å²) in [7, 11) is 0. The summed E-state index contributed by atoms with van der Waals surface area (Å²) in [5.74, 6) is 0.349. The van der Waals surface area contributed by atoms with Gasteiger partial charge in [-0.1, -0.05) is 53.5 Å². The van der Waals surface area contributed by atoms with Crippen LogP contribution in [0.25, 0.3) is 0 Å². The summed E-state index contributed by atoms with van der Waals surface area (Å²) in [6, 6.07) is 16.5. The maximum Gasteiger partial charge on any atom is 0.344 e. The maximum atomic E-state index is 11.2. The molecule has 5 heteroatoms. The quantitative estimate of drug-likeness (QED) is 0.476. The van der Waals surface area contributed by atoms with Crippen molar-refractivity contribution in [1.82, 2.24) is 0 Å². The lowest BCUT2D eigenvalue weighted by Gasteiger charge is -2.08. The molecule has 0 saturated heterocycles. The molecule has 0 saturated carbocycles. The topological polar surface area (TPSA) is 35.5 Å². The van der Waals surface area contributed by atoms with Crippen molar-refractivity contribution in [3.63, 3.8) is 0 Å². The summed E-state index contributed by atoms with van der Waals surface area (Å²) in [6.45, 7) is 0.478. The number of benzene rings is 2. The van der Waals surface area contributed by atoms with E-state index in [2.05, 4.69) is 0 Å². The first-order chi connectivity index (χ1) is 9.65. The number of ether oxygens (including phenoxy) is 2. The Bertz CT molecular complexity index is 553. The second-order valence-electron chi connectivity index (χ2n) is 3.97. The molecule has 20 heavy (non-hydrogen) atoms. The highest BCUT2D eigenvalue weighted by molar-refractivity contribution is 6.53. The largest absolute Gasteiger partial charge is 0.489 e. The van der Waals surface area contributed by atoms with Crippen LogP contribution < -0.4 is 9.47 Å². The Morgan fingerprint density at radius 2 is 1.55 bits per heavy atom. The molecule has 0 bridgehead atoms. The minimum absolute atomic E-state index is 0.369. The van der Waals surface area contributed by atoms with Gasteiger partial charge in [0, 0.05) is 0 Å². The van der Waals surface area contributed by atoms with Gasteiger partial charge in [-0.3, -0.25) is 0 Å². The van der Waals surface area contributed by atoms with Crippen LogP contribution in [0.15, 0.2) is 54.6 Å². The molecule has 0 unspecified atom stereocenters. The summed E-state index contributed by atoms with van der Waals surface area (Å²) >= 11 is 10.8. The van der Waals surface area contributed by atoms with Gasteiger partial charge in [0.25, 0.3) is 0 Å². The first-order valence-corrected chi connectivity index (χ1v) is 6.79. The lowest BCUT2D eigenvalue weighted by atomic mass is 10.2. The Kier molecular flexibility index (Phi) is 5.27. The number of rotatable bonds is 5. The lowest BCUT2D eigenvalue weighted by Crippen LogP contribution is -2.15. The molecule has 0 amide bonds. The standard InChI is InChI=1S/C15H12Cl2O3/c16-14(17)15(18)20-13-8-6-12(7-9-13)19-10-11-4-2-1-3-5-11/h1-9,14H,10H2. The zero-order valence-corrected chi connectivity index (χ0v) is 12.0. The van der Waals surface area contributed by atoms with Gasteiger partial charge in [-0.25, -0.2) is 4.79 Å². The predicted octanol–water partition coefficient (Wildman–Crippen LogP) is 3.97. The van der Waals surface area contributed by atoms with Gasteiger partial charge in [0.05, 0.1) is 0 Å². The van der Waals surface area contributed by atoms with E-state index < -0.39 is 10.8 Å². The molecule has 0 aromatic heterocycles. The molecule has 0 aliphatic heterocycles. The van der Waals surface area contributed by atoms with Gasteiger partial charge in [-0.15, -0.1) is 0 Å². The van der Waals surface area contributed by atoms with E-state index in [1.54, 1.807) is 24.3 Å². The van der Waals surface area contributed by atoms with E-state index in [1.165, 1.54) is 0 Å². The number of hydrogen-bond acceptors (Lipinski definition) is 3. The van der Waals surface area contributed by atoms with Crippen LogP contribution in [-0.4, -0.2) is 10.8 Å². The van der Waals surface area contributed by atoms with E-state index in [9.17, 15) is 4.79 Å². The summed E-state index contributed by atoms with van der Waals surface area (Å²) in [4.78, 5) is 10.00. The van der Waals surface area contributed by atoms with E-state index in [1.807, 2.05) is 30.3 Å². The predicted molar refractivity (Wildman–Crippen MR) is 78.3 cm³/mol. The third-order valence-corrected chi connectivity index (χ3v) is 2.83. The SMILES string of the molecule is O=C(Oc1ccc(OCc2ccccc2)cc1)C(Cl)Cl. The Morgan fingerprint density at radius 3 is 2.15 bits per heavy atom. The lowest BCUT2D eigenvalue weighted by molar-refractivity contribution is -0.132. The monoisotopic (exact) mass is 310 g/mol. The van der Waals surface area contributed by atoms with Crippen LogP contribution in [0, 0.1) is 0 Å². The molecule has 0 heterocycles. The van der Waals surface area contributed by atoms with Crippen LogP contribution in [0.4, 0.5) is 0 Å². The molecular weight excluding hydrogens is 299 g/mol. The second kappa shape index (κ2) is 7.17. The van der Waals surface area contributed by atoms with Gasteiger partial charge >= 0.3 is 5.97 Å².